The fourth-order valence-electron chi connectivity index (χ4n) is 4.41. The van der Waals surface area contributed by atoms with Crippen LogP contribution in [0.1, 0.15) is 44.9 Å². The molecule has 2 atom stereocenters. The largest absolute Gasteiger partial charge is 0.337 e. The van der Waals surface area contributed by atoms with Crippen molar-refractivity contribution in [2.75, 3.05) is 39.8 Å². The van der Waals surface area contributed by atoms with Gasteiger partial charge in [0.25, 0.3) is 0 Å². The van der Waals surface area contributed by atoms with Crippen LogP contribution in [0.5, 0.6) is 0 Å². The van der Waals surface area contributed by atoms with Crippen LogP contribution in [-0.4, -0.2) is 78.6 Å². The minimum absolute atomic E-state index is 0.160. The molecule has 0 aromatic rings. The van der Waals surface area contributed by atoms with Crippen molar-refractivity contribution in [3.63, 3.8) is 0 Å². The number of nitrogens with zero attached hydrogens (tertiary/aromatic N) is 3. The van der Waals surface area contributed by atoms with E-state index in [2.05, 4.69) is 27.1 Å². The molecule has 23 heavy (non-hydrogen) atoms. The summed E-state index contributed by atoms with van der Waals surface area (Å²) in [5.41, 5.74) is 0. The summed E-state index contributed by atoms with van der Waals surface area (Å²) in [6.07, 6.45) is 9.26. The van der Waals surface area contributed by atoms with Gasteiger partial charge in [-0.3, -0.25) is 9.80 Å². The van der Waals surface area contributed by atoms with Crippen LogP contribution in [-0.2, 0) is 0 Å². The lowest BCUT2D eigenvalue weighted by molar-refractivity contribution is 0.184. The van der Waals surface area contributed by atoms with E-state index in [9.17, 15) is 4.79 Å². The summed E-state index contributed by atoms with van der Waals surface area (Å²) in [6, 6.07) is 2.25. The van der Waals surface area contributed by atoms with E-state index in [1.165, 1.54) is 45.1 Å². The van der Waals surface area contributed by atoms with Crippen LogP contribution < -0.4 is 5.32 Å². The number of urea groups is 1. The Kier molecular flexibility index (Phi) is 4.50. The van der Waals surface area contributed by atoms with Crippen LogP contribution in [0.2, 0.25) is 0 Å². The summed E-state index contributed by atoms with van der Waals surface area (Å²) in [7, 11) is 2.23. The quantitative estimate of drug-likeness (QED) is 0.810. The first-order valence-electron chi connectivity index (χ1n) is 9.69. The Morgan fingerprint density at radius 1 is 1.09 bits per heavy atom. The highest BCUT2D eigenvalue weighted by molar-refractivity contribution is 5.74. The SMILES string of the molecule is CN1C2CCC1CN(C(=O)NCCN(CC1CC1)C1CC1)CC2. The smallest absolute Gasteiger partial charge is 0.317 e. The second-order valence-electron chi connectivity index (χ2n) is 8.19. The van der Waals surface area contributed by atoms with Crippen molar-refractivity contribution in [3.8, 4) is 0 Å². The Morgan fingerprint density at radius 2 is 1.87 bits per heavy atom. The molecular weight excluding hydrogens is 288 g/mol. The molecule has 0 radical (unpaired) electrons. The Labute approximate surface area is 140 Å². The molecule has 2 aliphatic heterocycles. The number of nitrogens with one attached hydrogen (secondary N) is 1. The topological polar surface area (TPSA) is 38.8 Å². The molecule has 2 aliphatic carbocycles. The van der Waals surface area contributed by atoms with Gasteiger partial charge in [0.05, 0.1) is 0 Å². The molecule has 130 valence electrons. The van der Waals surface area contributed by atoms with Crippen molar-refractivity contribution >= 4 is 6.03 Å². The van der Waals surface area contributed by atoms with Crippen molar-refractivity contribution in [2.24, 2.45) is 5.92 Å². The van der Waals surface area contributed by atoms with Gasteiger partial charge in [-0.05, 0) is 57.9 Å². The van der Waals surface area contributed by atoms with Gasteiger partial charge in [-0.2, -0.15) is 0 Å². The van der Waals surface area contributed by atoms with Gasteiger partial charge in [0.15, 0.2) is 0 Å². The van der Waals surface area contributed by atoms with E-state index < -0.39 is 0 Å². The van der Waals surface area contributed by atoms with Crippen molar-refractivity contribution < 1.29 is 4.79 Å². The summed E-state index contributed by atoms with van der Waals surface area (Å²) < 4.78 is 0. The highest BCUT2D eigenvalue weighted by atomic mass is 16.2. The molecule has 1 N–H and O–H groups in total. The van der Waals surface area contributed by atoms with Crippen molar-refractivity contribution in [3.05, 3.63) is 0 Å². The third-order valence-corrected chi connectivity index (χ3v) is 6.36. The fraction of sp³-hybridized carbons (Fsp3) is 0.944. The highest BCUT2D eigenvalue weighted by Crippen LogP contribution is 2.34. The molecule has 4 rings (SSSR count). The minimum Gasteiger partial charge on any atom is -0.337 e. The Balaban J connectivity index is 1.21. The lowest BCUT2D eigenvalue weighted by atomic mass is 10.1. The zero-order chi connectivity index (χ0) is 15.8. The number of likely N-dealkylation sites (tertiary alicyclic amines) is 1. The van der Waals surface area contributed by atoms with Gasteiger partial charge < -0.3 is 10.2 Å². The lowest BCUT2D eigenvalue weighted by Gasteiger charge is -2.27. The highest BCUT2D eigenvalue weighted by Gasteiger charge is 2.36. The summed E-state index contributed by atoms with van der Waals surface area (Å²) >= 11 is 0. The van der Waals surface area contributed by atoms with Gasteiger partial charge >= 0.3 is 6.03 Å². The van der Waals surface area contributed by atoms with Crippen molar-refractivity contribution in [1.82, 2.24) is 20.0 Å². The molecular formula is C18H32N4O. The Morgan fingerprint density at radius 3 is 2.61 bits per heavy atom. The zero-order valence-corrected chi connectivity index (χ0v) is 14.5. The monoisotopic (exact) mass is 320 g/mol. The van der Waals surface area contributed by atoms with Gasteiger partial charge in [-0.1, -0.05) is 0 Å². The molecule has 2 bridgehead atoms. The molecule has 5 heteroatoms. The van der Waals surface area contributed by atoms with Crippen LogP contribution >= 0.6 is 0 Å². The molecule has 2 heterocycles. The third kappa shape index (κ3) is 3.82. The van der Waals surface area contributed by atoms with E-state index in [1.54, 1.807) is 0 Å². The molecule has 2 saturated carbocycles. The first kappa shape index (κ1) is 15.7. The maximum absolute atomic E-state index is 12.5. The van der Waals surface area contributed by atoms with Gasteiger partial charge in [-0.15, -0.1) is 0 Å². The van der Waals surface area contributed by atoms with Gasteiger partial charge in [-0.25, -0.2) is 4.79 Å². The summed E-state index contributed by atoms with van der Waals surface area (Å²) in [5.74, 6) is 0.947. The van der Waals surface area contributed by atoms with E-state index in [0.29, 0.717) is 12.1 Å². The molecule has 0 aromatic carbocycles. The lowest BCUT2D eigenvalue weighted by Crippen LogP contribution is -2.46. The average molecular weight is 320 g/mol. The molecule has 0 spiro atoms. The van der Waals surface area contributed by atoms with E-state index >= 15 is 0 Å². The van der Waals surface area contributed by atoms with Gasteiger partial charge in [0.1, 0.15) is 0 Å². The van der Waals surface area contributed by atoms with E-state index in [-0.39, 0.29) is 6.03 Å². The van der Waals surface area contributed by atoms with Crippen LogP contribution in [0.3, 0.4) is 0 Å². The number of rotatable bonds is 6. The molecule has 2 saturated heterocycles. The molecule has 0 aromatic heterocycles. The number of amides is 2. The van der Waals surface area contributed by atoms with Crippen LogP contribution in [0.25, 0.3) is 0 Å². The second kappa shape index (κ2) is 6.60. The maximum atomic E-state index is 12.5. The van der Waals surface area contributed by atoms with Crippen molar-refractivity contribution in [1.29, 1.82) is 0 Å². The number of hydrogen-bond acceptors (Lipinski definition) is 3. The van der Waals surface area contributed by atoms with Crippen LogP contribution in [0, 0.1) is 5.92 Å². The Bertz CT molecular complexity index is 435. The summed E-state index contributed by atoms with van der Waals surface area (Å²) in [6.45, 7) is 4.94. The zero-order valence-electron chi connectivity index (χ0n) is 14.5. The molecule has 4 aliphatic rings. The predicted molar refractivity (Wildman–Crippen MR) is 91.5 cm³/mol. The minimum atomic E-state index is 0.160. The third-order valence-electron chi connectivity index (χ3n) is 6.36. The maximum Gasteiger partial charge on any atom is 0.317 e. The van der Waals surface area contributed by atoms with Gasteiger partial charge in [0.2, 0.25) is 0 Å². The fourth-order valence-corrected chi connectivity index (χ4v) is 4.41. The van der Waals surface area contributed by atoms with Crippen LogP contribution in [0.15, 0.2) is 0 Å². The summed E-state index contributed by atoms with van der Waals surface area (Å²) in [4.78, 5) is 19.7. The van der Waals surface area contributed by atoms with Crippen molar-refractivity contribution in [2.45, 2.75) is 63.1 Å². The number of carbonyl (C=O) groups excluding carboxylic acids is 1. The normalized spacial score (nSPS) is 31.5. The molecule has 4 fully saturated rings. The predicted octanol–water partition coefficient (Wildman–Crippen LogP) is 1.74. The first-order chi connectivity index (χ1) is 11.2. The number of hydrogen-bond donors (Lipinski definition) is 1. The van der Waals surface area contributed by atoms with E-state index in [0.717, 1.165) is 44.6 Å². The Hall–Kier alpha value is -0.810. The number of likely N-dealkylation sites (N-methyl/N-ethyl adjacent to an activating group) is 1. The van der Waals surface area contributed by atoms with Gasteiger partial charge in [0, 0.05) is 50.8 Å². The molecule has 2 unspecified atom stereocenters. The average Bonchev–Trinajstić information content (AvgIpc) is 3.39. The number of fused-ring (bicyclic) bond motifs is 2. The van der Waals surface area contributed by atoms with E-state index in [4.69, 9.17) is 0 Å². The standard InChI is InChI=1S/C18H32N4O/c1-20-15-4-7-17(20)13-22(10-8-15)18(23)19-9-11-21(16-5-6-16)12-14-2-3-14/h14-17H,2-13H2,1H3,(H,19,23). The summed E-state index contributed by atoms with van der Waals surface area (Å²) in [5, 5.41) is 3.19. The molecule has 5 nitrogen and oxygen atoms in total. The second-order valence-corrected chi connectivity index (χ2v) is 8.19. The first-order valence-corrected chi connectivity index (χ1v) is 9.69. The molecule has 2 amide bonds. The number of carbonyl (C=O) groups is 1. The van der Waals surface area contributed by atoms with Crippen LogP contribution in [0.4, 0.5) is 4.79 Å². The van der Waals surface area contributed by atoms with E-state index in [1.807, 2.05) is 0 Å².